The molecule has 0 aromatic carbocycles. The lowest BCUT2D eigenvalue weighted by atomic mass is 9.72. The van der Waals surface area contributed by atoms with E-state index in [0.717, 1.165) is 19.3 Å². The molecule has 0 saturated heterocycles. The molecule has 1 fully saturated rings. The van der Waals surface area contributed by atoms with Crippen molar-refractivity contribution in [2.45, 2.75) is 51.1 Å². The number of amides is 1. The van der Waals surface area contributed by atoms with Crippen LogP contribution in [0.2, 0.25) is 0 Å². The summed E-state index contributed by atoms with van der Waals surface area (Å²) in [6.45, 7) is 4.48. The zero-order chi connectivity index (χ0) is 14.5. The quantitative estimate of drug-likeness (QED) is 0.547. The van der Waals surface area contributed by atoms with Crippen LogP contribution in [0.1, 0.15) is 39.5 Å². The Kier molecular flexibility index (Phi) is 5.75. The van der Waals surface area contributed by atoms with E-state index in [1.165, 1.54) is 0 Å². The summed E-state index contributed by atoms with van der Waals surface area (Å²) in [5.74, 6) is -1.16. The molecule has 0 radical (unpaired) electrons. The fourth-order valence-electron chi connectivity index (χ4n) is 2.81. The van der Waals surface area contributed by atoms with Gasteiger partial charge in [-0.25, -0.2) is 0 Å². The van der Waals surface area contributed by atoms with Crippen LogP contribution in [0, 0.1) is 5.92 Å². The number of aliphatic carboxylic acids is 1. The van der Waals surface area contributed by atoms with E-state index in [9.17, 15) is 14.7 Å². The first-order valence-electron chi connectivity index (χ1n) is 6.95. The Bertz CT molecular complexity index is 329. The second kappa shape index (κ2) is 6.86. The molecule has 0 aromatic heterocycles. The summed E-state index contributed by atoms with van der Waals surface area (Å²) >= 11 is 0. The molecule has 1 aliphatic carbocycles. The number of carbonyl (C=O) groups is 2. The molecule has 110 valence electrons. The van der Waals surface area contributed by atoms with Gasteiger partial charge in [-0.1, -0.05) is 19.8 Å². The lowest BCUT2D eigenvalue weighted by molar-refractivity contribution is -0.149. The lowest BCUT2D eigenvalue weighted by Crippen LogP contribution is -2.61. The summed E-state index contributed by atoms with van der Waals surface area (Å²) in [6, 6.07) is -0.568. The molecule has 6 heteroatoms. The van der Waals surface area contributed by atoms with Gasteiger partial charge in [-0.3, -0.25) is 9.59 Å². The van der Waals surface area contributed by atoms with E-state index < -0.39 is 17.6 Å². The van der Waals surface area contributed by atoms with Crippen molar-refractivity contribution in [1.29, 1.82) is 0 Å². The standard InChI is InChI=1S/C13H25N3O3/c1-3-16-13(12(18)19)7-5-4-6-10(13)8-15-11(17)9(2)14/h9-10,16H,3-8,14H2,1-2H3,(H,15,17)(H,18,19)/t9-,10-,13+/m0/s1. The Morgan fingerprint density at radius 3 is 2.68 bits per heavy atom. The minimum atomic E-state index is -0.919. The number of rotatable bonds is 6. The highest BCUT2D eigenvalue weighted by atomic mass is 16.4. The summed E-state index contributed by atoms with van der Waals surface area (Å²) in [7, 11) is 0. The van der Waals surface area contributed by atoms with E-state index in [2.05, 4.69) is 10.6 Å². The van der Waals surface area contributed by atoms with E-state index >= 15 is 0 Å². The third-order valence-electron chi connectivity index (χ3n) is 3.88. The van der Waals surface area contributed by atoms with Crippen LogP contribution in [0.4, 0.5) is 0 Å². The van der Waals surface area contributed by atoms with Crippen molar-refractivity contribution in [2.24, 2.45) is 11.7 Å². The van der Waals surface area contributed by atoms with Crippen LogP contribution in [0.25, 0.3) is 0 Å². The summed E-state index contributed by atoms with van der Waals surface area (Å²) in [5, 5.41) is 15.4. The van der Waals surface area contributed by atoms with Gasteiger partial charge in [-0.05, 0) is 26.3 Å². The fourth-order valence-corrected chi connectivity index (χ4v) is 2.81. The number of likely N-dealkylation sites (N-methyl/N-ethyl adjacent to an activating group) is 1. The first-order chi connectivity index (χ1) is 8.94. The van der Waals surface area contributed by atoms with Crippen molar-refractivity contribution < 1.29 is 14.7 Å². The Morgan fingerprint density at radius 1 is 1.47 bits per heavy atom. The molecule has 19 heavy (non-hydrogen) atoms. The SMILES string of the molecule is CCN[C@]1(C(=O)O)CCCC[C@H]1CNC(=O)[C@H](C)N. The largest absolute Gasteiger partial charge is 0.480 e. The molecular formula is C13H25N3O3. The molecule has 5 N–H and O–H groups in total. The third kappa shape index (κ3) is 3.67. The number of carbonyl (C=O) groups excluding carboxylic acids is 1. The van der Waals surface area contributed by atoms with Crippen molar-refractivity contribution in [3.8, 4) is 0 Å². The zero-order valence-electron chi connectivity index (χ0n) is 11.7. The minimum absolute atomic E-state index is 0.0959. The van der Waals surface area contributed by atoms with Crippen molar-refractivity contribution >= 4 is 11.9 Å². The number of carboxylic acid groups (broad SMARTS) is 1. The fraction of sp³-hybridized carbons (Fsp3) is 0.846. The number of nitrogens with two attached hydrogens (primary N) is 1. The molecule has 6 nitrogen and oxygen atoms in total. The molecule has 0 aromatic rings. The molecular weight excluding hydrogens is 246 g/mol. The highest BCUT2D eigenvalue weighted by Gasteiger charge is 2.46. The van der Waals surface area contributed by atoms with Gasteiger partial charge in [-0.2, -0.15) is 0 Å². The van der Waals surface area contributed by atoms with Crippen molar-refractivity contribution in [3.05, 3.63) is 0 Å². The third-order valence-corrected chi connectivity index (χ3v) is 3.88. The maximum Gasteiger partial charge on any atom is 0.324 e. The number of nitrogens with one attached hydrogen (secondary N) is 2. The minimum Gasteiger partial charge on any atom is -0.480 e. The topological polar surface area (TPSA) is 104 Å². The van der Waals surface area contributed by atoms with Crippen LogP contribution in [0.5, 0.6) is 0 Å². The van der Waals surface area contributed by atoms with Crippen molar-refractivity contribution in [1.82, 2.24) is 10.6 Å². The molecule has 0 heterocycles. The van der Waals surface area contributed by atoms with Crippen molar-refractivity contribution in [3.63, 3.8) is 0 Å². The normalized spacial score (nSPS) is 28.7. The highest BCUT2D eigenvalue weighted by molar-refractivity contribution is 5.82. The highest BCUT2D eigenvalue weighted by Crippen LogP contribution is 2.34. The average molecular weight is 271 g/mol. The molecule has 0 bridgehead atoms. The van der Waals surface area contributed by atoms with E-state index in [0.29, 0.717) is 19.5 Å². The number of hydrogen-bond acceptors (Lipinski definition) is 4. The van der Waals surface area contributed by atoms with E-state index in [4.69, 9.17) is 5.73 Å². The number of hydrogen-bond donors (Lipinski definition) is 4. The molecule has 0 spiro atoms. The molecule has 3 atom stereocenters. The van der Waals surface area contributed by atoms with Crippen LogP contribution >= 0.6 is 0 Å². The lowest BCUT2D eigenvalue weighted by Gasteiger charge is -2.41. The molecule has 0 unspecified atom stereocenters. The molecule has 1 rings (SSSR count). The Morgan fingerprint density at radius 2 is 2.16 bits per heavy atom. The van der Waals surface area contributed by atoms with E-state index in [1.807, 2.05) is 6.92 Å². The number of carboxylic acids is 1. The average Bonchev–Trinajstić information content (AvgIpc) is 2.37. The maximum atomic E-state index is 11.7. The van der Waals surface area contributed by atoms with Crippen LogP contribution in [-0.2, 0) is 9.59 Å². The predicted octanol–water partition coefficient (Wildman–Crippen LogP) is 0.0729. The summed E-state index contributed by atoms with van der Waals surface area (Å²) in [5.41, 5.74) is 4.58. The smallest absolute Gasteiger partial charge is 0.324 e. The zero-order valence-corrected chi connectivity index (χ0v) is 11.7. The predicted molar refractivity (Wildman–Crippen MR) is 72.7 cm³/mol. The maximum absolute atomic E-state index is 11.7. The molecule has 1 amide bonds. The summed E-state index contributed by atoms with van der Waals surface area (Å²) in [6.07, 6.45) is 3.31. The second-order valence-electron chi connectivity index (χ2n) is 5.28. The van der Waals surface area contributed by atoms with Gasteiger partial charge < -0.3 is 21.5 Å². The van der Waals surface area contributed by atoms with Gasteiger partial charge in [0, 0.05) is 12.5 Å². The van der Waals surface area contributed by atoms with Gasteiger partial charge in [0.2, 0.25) is 5.91 Å². The Balaban J connectivity index is 2.75. The van der Waals surface area contributed by atoms with Crippen LogP contribution in [0.15, 0.2) is 0 Å². The van der Waals surface area contributed by atoms with E-state index in [-0.39, 0.29) is 11.8 Å². The van der Waals surface area contributed by atoms with Crippen molar-refractivity contribution in [2.75, 3.05) is 13.1 Å². The van der Waals surface area contributed by atoms with Gasteiger partial charge in [0.25, 0.3) is 0 Å². The van der Waals surface area contributed by atoms with Crippen LogP contribution < -0.4 is 16.4 Å². The molecule has 0 aliphatic heterocycles. The summed E-state index contributed by atoms with van der Waals surface area (Å²) in [4.78, 5) is 23.2. The van der Waals surface area contributed by atoms with Crippen LogP contribution in [-0.4, -0.2) is 41.7 Å². The Labute approximate surface area is 114 Å². The van der Waals surface area contributed by atoms with Gasteiger partial charge in [0.15, 0.2) is 0 Å². The van der Waals surface area contributed by atoms with Gasteiger partial charge in [0.05, 0.1) is 6.04 Å². The van der Waals surface area contributed by atoms with Gasteiger partial charge in [-0.15, -0.1) is 0 Å². The monoisotopic (exact) mass is 271 g/mol. The second-order valence-corrected chi connectivity index (χ2v) is 5.28. The van der Waals surface area contributed by atoms with Crippen LogP contribution in [0.3, 0.4) is 0 Å². The van der Waals surface area contributed by atoms with Gasteiger partial charge >= 0.3 is 5.97 Å². The first kappa shape index (κ1) is 15.9. The first-order valence-corrected chi connectivity index (χ1v) is 6.95. The molecule has 1 saturated carbocycles. The van der Waals surface area contributed by atoms with Gasteiger partial charge in [0.1, 0.15) is 5.54 Å². The van der Waals surface area contributed by atoms with E-state index in [1.54, 1.807) is 6.92 Å². The summed E-state index contributed by atoms with van der Waals surface area (Å²) < 4.78 is 0. The Hall–Kier alpha value is -1.14. The molecule has 1 aliphatic rings.